The summed E-state index contributed by atoms with van der Waals surface area (Å²) in [5, 5.41) is 13.5. The maximum atomic E-state index is 13.2. The lowest BCUT2D eigenvalue weighted by molar-refractivity contribution is -0.137. The highest BCUT2D eigenvalue weighted by Gasteiger charge is 2.34. The topological polar surface area (TPSA) is 67.5 Å². The zero-order valence-corrected chi connectivity index (χ0v) is 11.8. The molecule has 2 aromatic heterocycles. The van der Waals surface area contributed by atoms with E-state index < -0.39 is 17.7 Å². The molecule has 0 saturated carbocycles. The van der Waals surface area contributed by atoms with Gasteiger partial charge in [-0.05, 0) is 18.6 Å². The quantitative estimate of drug-likeness (QED) is 0.785. The molecule has 0 atom stereocenters. The lowest BCUT2D eigenvalue weighted by Crippen LogP contribution is -2.12. The molecule has 3 aromatic rings. The Morgan fingerprint density at radius 1 is 1.26 bits per heavy atom. The number of imidazole rings is 1. The highest BCUT2D eigenvalue weighted by molar-refractivity contribution is 5.97. The van der Waals surface area contributed by atoms with E-state index in [-0.39, 0.29) is 28.0 Å². The van der Waals surface area contributed by atoms with E-state index in [4.69, 9.17) is 0 Å². The molecule has 0 radical (unpaired) electrons. The van der Waals surface area contributed by atoms with Gasteiger partial charge in [-0.15, -0.1) is 0 Å². The first kappa shape index (κ1) is 15.0. The molecule has 5 nitrogen and oxygen atoms in total. The predicted octanol–water partition coefficient (Wildman–Crippen LogP) is 3.42. The van der Waals surface area contributed by atoms with Gasteiger partial charge in [0, 0.05) is 18.0 Å². The third kappa shape index (κ3) is 2.41. The zero-order chi connectivity index (χ0) is 16.8. The van der Waals surface area contributed by atoms with Crippen LogP contribution in [0.5, 0.6) is 0 Å². The van der Waals surface area contributed by atoms with Crippen LogP contribution in [0.4, 0.5) is 13.2 Å². The highest BCUT2D eigenvalue weighted by atomic mass is 19.4. The first-order valence-corrected chi connectivity index (χ1v) is 6.54. The van der Waals surface area contributed by atoms with Gasteiger partial charge in [0.2, 0.25) is 0 Å². The zero-order valence-electron chi connectivity index (χ0n) is 11.8. The summed E-state index contributed by atoms with van der Waals surface area (Å²) >= 11 is 0. The molecular formula is C15H10F3N3O2. The van der Waals surface area contributed by atoms with Crippen LogP contribution in [-0.2, 0) is 6.18 Å². The molecule has 8 heteroatoms. The molecule has 0 spiro atoms. The van der Waals surface area contributed by atoms with Crippen molar-refractivity contribution in [2.24, 2.45) is 0 Å². The maximum Gasteiger partial charge on any atom is 0.417 e. The van der Waals surface area contributed by atoms with E-state index in [1.807, 2.05) is 0 Å². The average molecular weight is 321 g/mol. The Kier molecular flexibility index (Phi) is 3.32. The summed E-state index contributed by atoms with van der Waals surface area (Å²) in [4.78, 5) is 15.4. The number of nitrogens with zero attached hydrogens (tertiary/aromatic N) is 3. The summed E-state index contributed by atoms with van der Waals surface area (Å²) in [6, 6.07) is 4.93. The molecule has 23 heavy (non-hydrogen) atoms. The molecule has 1 aromatic carbocycles. The minimum absolute atomic E-state index is 0.0409. The SMILES string of the molecule is Cc1c(-c2ccccc2C(F)(F)F)nn2ccnc2c1C(=O)O. The molecule has 2 heterocycles. The second kappa shape index (κ2) is 5.08. The van der Waals surface area contributed by atoms with E-state index in [1.54, 1.807) is 0 Å². The van der Waals surface area contributed by atoms with Crippen LogP contribution in [0.2, 0.25) is 0 Å². The van der Waals surface area contributed by atoms with Crippen molar-refractivity contribution >= 4 is 11.6 Å². The standard InChI is InChI=1S/C15H10F3N3O2/c1-8-11(14(22)23)13-19-6-7-21(13)20-12(8)9-4-2-3-5-10(9)15(16,17)18/h2-7H,1H3,(H,22,23). The van der Waals surface area contributed by atoms with Crippen LogP contribution in [0.15, 0.2) is 36.7 Å². The van der Waals surface area contributed by atoms with Gasteiger partial charge in [0.25, 0.3) is 0 Å². The number of aromatic carboxylic acids is 1. The summed E-state index contributed by atoms with van der Waals surface area (Å²) in [6.07, 6.45) is -1.84. The van der Waals surface area contributed by atoms with Gasteiger partial charge in [-0.2, -0.15) is 18.3 Å². The average Bonchev–Trinajstić information content (AvgIpc) is 2.93. The fourth-order valence-corrected chi connectivity index (χ4v) is 2.47. The normalized spacial score (nSPS) is 11.8. The molecule has 3 rings (SSSR count). The van der Waals surface area contributed by atoms with Crippen molar-refractivity contribution in [2.75, 3.05) is 0 Å². The van der Waals surface area contributed by atoms with Crippen molar-refractivity contribution in [3.63, 3.8) is 0 Å². The lowest BCUT2D eigenvalue weighted by atomic mass is 9.98. The van der Waals surface area contributed by atoms with Crippen LogP contribution in [0.25, 0.3) is 16.9 Å². The van der Waals surface area contributed by atoms with E-state index in [1.165, 1.54) is 42.0 Å². The number of rotatable bonds is 2. The van der Waals surface area contributed by atoms with Gasteiger partial charge in [0.1, 0.15) is 5.56 Å². The van der Waals surface area contributed by atoms with E-state index in [9.17, 15) is 23.1 Å². The number of alkyl halides is 3. The van der Waals surface area contributed by atoms with Gasteiger partial charge >= 0.3 is 12.1 Å². The summed E-state index contributed by atoms with van der Waals surface area (Å²) in [5.74, 6) is -1.27. The molecule has 0 aliphatic rings. The molecule has 0 bridgehead atoms. The predicted molar refractivity (Wildman–Crippen MR) is 75.1 cm³/mol. The summed E-state index contributed by atoms with van der Waals surface area (Å²) in [7, 11) is 0. The summed E-state index contributed by atoms with van der Waals surface area (Å²) in [5.41, 5.74) is -1.03. The first-order chi connectivity index (χ1) is 10.8. The van der Waals surface area contributed by atoms with Gasteiger partial charge in [-0.25, -0.2) is 14.3 Å². The number of carboxylic acid groups (broad SMARTS) is 1. The molecule has 0 saturated heterocycles. The monoisotopic (exact) mass is 321 g/mol. The Balaban J connectivity index is 2.39. The van der Waals surface area contributed by atoms with Crippen molar-refractivity contribution in [1.29, 1.82) is 0 Å². The third-order valence-corrected chi connectivity index (χ3v) is 3.48. The Labute approximate surface area is 128 Å². The van der Waals surface area contributed by atoms with E-state index in [2.05, 4.69) is 10.1 Å². The Hall–Kier alpha value is -2.90. The molecule has 0 aliphatic carbocycles. The molecule has 0 aliphatic heterocycles. The number of carboxylic acids is 1. The highest BCUT2D eigenvalue weighted by Crippen LogP contribution is 2.37. The number of hydrogen-bond acceptors (Lipinski definition) is 3. The van der Waals surface area contributed by atoms with Gasteiger partial charge < -0.3 is 5.11 Å². The minimum Gasteiger partial charge on any atom is -0.478 e. The Morgan fingerprint density at radius 3 is 2.61 bits per heavy atom. The molecule has 118 valence electrons. The third-order valence-electron chi connectivity index (χ3n) is 3.48. The number of aromatic nitrogens is 3. The molecular weight excluding hydrogens is 311 g/mol. The molecule has 0 fully saturated rings. The van der Waals surface area contributed by atoms with E-state index in [0.29, 0.717) is 0 Å². The van der Waals surface area contributed by atoms with Gasteiger partial charge in [-0.1, -0.05) is 18.2 Å². The number of carbonyl (C=O) groups is 1. The first-order valence-electron chi connectivity index (χ1n) is 6.54. The van der Waals surface area contributed by atoms with Crippen LogP contribution in [0, 0.1) is 6.92 Å². The van der Waals surface area contributed by atoms with Crippen molar-refractivity contribution in [1.82, 2.24) is 14.6 Å². The van der Waals surface area contributed by atoms with Crippen LogP contribution < -0.4 is 0 Å². The fraction of sp³-hybridized carbons (Fsp3) is 0.133. The summed E-state index contributed by atoms with van der Waals surface area (Å²) < 4.78 is 40.8. The molecule has 0 unspecified atom stereocenters. The minimum atomic E-state index is -4.57. The number of hydrogen-bond donors (Lipinski definition) is 1. The molecule has 1 N–H and O–H groups in total. The van der Waals surface area contributed by atoms with Gasteiger partial charge in [0.15, 0.2) is 5.65 Å². The second-order valence-electron chi connectivity index (χ2n) is 4.89. The van der Waals surface area contributed by atoms with Crippen molar-refractivity contribution in [3.05, 3.63) is 53.3 Å². The van der Waals surface area contributed by atoms with E-state index >= 15 is 0 Å². The lowest BCUT2D eigenvalue weighted by Gasteiger charge is -2.15. The largest absolute Gasteiger partial charge is 0.478 e. The van der Waals surface area contributed by atoms with Gasteiger partial charge in [0.05, 0.1) is 11.3 Å². The Bertz CT molecular complexity index is 916. The number of fused-ring (bicyclic) bond motifs is 1. The maximum absolute atomic E-state index is 13.2. The van der Waals surface area contributed by atoms with Crippen LogP contribution in [0.3, 0.4) is 0 Å². The van der Waals surface area contributed by atoms with Crippen molar-refractivity contribution in [3.8, 4) is 11.3 Å². The smallest absolute Gasteiger partial charge is 0.417 e. The number of benzene rings is 1. The number of halogens is 3. The fourth-order valence-electron chi connectivity index (χ4n) is 2.47. The van der Waals surface area contributed by atoms with Crippen LogP contribution in [-0.4, -0.2) is 25.7 Å². The van der Waals surface area contributed by atoms with Crippen molar-refractivity contribution in [2.45, 2.75) is 13.1 Å². The van der Waals surface area contributed by atoms with E-state index in [0.717, 1.165) is 6.07 Å². The van der Waals surface area contributed by atoms with Crippen molar-refractivity contribution < 1.29 is 23.1 Å². The Morgan fingerprint density at radius 2 is 1.96 bits per heavy atom. The molecule has 0 amide bonds. The van der Waals surface area contributed by atoms with Gasteiger partial charge in [-0.3, -0.25) is 0 Å². The second-order valence-corrected chi connectivity index (χ2v) is 4.89. The van der Waals surface area contributed by atoms with Crippen LogP contribution in [0.1, 0.15) is 21.5 Å². The summed E-state index contributed by atoms with van der Waals surface area (Å²) in [6.45, 7) is 1.42. The van der Waals surface area contributed by atoms with Crippen LogP contribution >= 0.6 is 0 Å².